The normalized spacial score (nSPS) is 14.0. The molecule has 14 heavy (non-hydrogen) atoms. The van der Waals surface area contributed by atoms with E-state index >= 15 is 0 Å². The summed E-state index contributed by atoms with van der Waals surface area (Å²) in [6.07, 6.45) is 2.71. The summed E-state index contributed by atoms with van der Waals surface area (Å²) in [4.78, 5) is 0. The molecule has 4 nitrogen and oxygen atoms in total. The molecule has 0 rings (SSSR count). The zero-order valence-electron chi connectivity index (χ0n) is 9.50. The van der Waals surface area contributed by atoms with Crippen LogP contribution in [0.1, 0.15) is 13.3 Å². The van der Waals surface area contributed by atoms with Crippen molar-refractivity contribution >= 4 is 8.80 Å². The van der Waals surface area contributed by atoms with E-state index in [1.165, 1.54) is 0 Å². The van der Waals surface area contributed by atoms with Crippen LogP contribution in [0.25, 0.3) is 0 Å². The molecule has 0 aliphatic heterocycles. The molecule has 1 atom stereocenters. The maximum Gasteiger partial charge on any atom is 0.518 e. The second-order valence-electron chi connectivity index (χ2n) is 2.87. The zero-order valence-corrected chi connectivity index (χ0v) is 10.5. The second-order valence-corrected chi connectivity index (χ2v) is 6.00. The van der Waals surface area contributed by atoms with Gasteiger partial charge in [0.05, 0.1) is 5.67 Å². The summed E-state index contributed by atoms with van der Waals surface area (Å²) < 4.78 is 16.2. The van der Waals surface area contributed by atoms with Gasteiger partial charge in [0, 0.05) is 27.9 Å². The van der Waals surface area contributed by atoms with Crippen LogP contribution in [0.3, 0.4) is 0 Å². The van der Waals surface area contributed by atoms with Gasteiger partial charge < -0.3 is 18.6 Å². The van der Waals surface area contributed by atoms with Crippen molar-refractivity contribution in [3.63, 3.8) is 0 Å². The average molecular weight is 219 g/mol. The van der Waals surface area contributed by atoms with Gasteiger partial charge in [0.1, 0.15) is 0 Å². The fraction of sp³-hybridized carbons (Fsp3) is 0.778. The Morgan fingerprint density at radius 1 is 1.29 bits per heavy atom. The standard InChI is InChI=1S/C9H21NO3Si/c1-6-8-10-9(7-2)14(11-3,12-4)13-5/h6,9-10H,1,7-8H2,2-5H3. The van der Waals surface area contributed by atoms with Crippen molar-refractivity contribution in [2.45, 2.75) is 19.0 Å². The summed E-state index contributed by atoms with van der Waals surface area (Å²) in [6.45, 7) is 6.45. The van der Waals surface area contributed by atoms with Crippen LogP contribution in [0.15, 0.2) is 12.7 Å². The summed E-state index contributed by atoms with van der Waals surface area (Å²) in [7, 11) is 2.32. The molecule has 0 saturated heterocycles. The first kappa shape index (κ1) is 13.8. The highest BCUT2D eigenvalue weighted by molar-refractivity contribution is 6.62. The lowest BCUT2D eigenvalue weighted by Gasteiger charge is -2.32. The van der Waals surface area contributed by atoms with Crippen LogP contribution in [-0.4, -0.2) is 42.3 Å². The van der Waals surface area contributed by atoms with Gasteiger partial charge in [0.2, 0.25) is 0 Å². The largest absolute Gasteiger partial charge is 0.518 e. The van der Waals surface area contributed by atoms with Gasteiger partial charge in [-0.15, -0.1) is 6.58 Å². The monoisotopic (exact) mass is 219 g/mol. The van der Waals surface area contributed by atoms with E-state index in [1.807, 2.05) is 6.08 Å². The molecule has 0 saturated carbocycles. The van der Waals surface area contributed by atoms with Crippen LogP contribution in [0.2, 0.25) is 0 Å². The molecule has 84 valence electrons. The third-order valence-corrected chi connectivity index (χ3v) is 5.37. The smallest absolute Gasteiger partial charge is 0.376 e. The summed E-state index contributed by atoms with van der Waals surface area (Å²) >= 11 is 0. The Morgan fingerprint density at radius 3 is 2.07 bits per heavy atom. The zero-order chi connectivity index (χ0) is 11.0. The van der Waals surface area contributed by atoms with Gasteiger partial charge in [-0.3, -0.25) is 0 Å². The predicted molar refractivity (Wildman–Crippen MR) is 59.1 cm³/mol. The number of rotatable bonds is 8. The highest BCUT2D eigenvalue weighted by Crippen LogP contribution is 2.14. The van der Waals surface area contributed by atoms with E-state index in [0.29, 0.717) is 0 Å². The molecule has 0 amide bonds. The van der Waals surface area contributed by atoms with Crippen molar-refractivity contribution in [2.75, 3.05) is 27.9 Å². The molecular weight excluding hydrogens is 198 g/mol. The number of hydrogen-bond acceptors (Lipinski definition) is 4. The number of nitrogens with one attached hydrogen (secondary N) is 1. The average Bonchev–Trinajstić information content (AvgIpc) is 2.25. The Balaban J connectivity index is 4.47. The number of hydrogen-bond donors (Lipinski definition) is 1. The molecule has 0 bridgehead atoms. The first-order valence-electron chi connectivity index (χ1n) is 4.70. The van der Waals surface area contributed by atoms with Crippen LogP contribution in [-0.2, 0) is 13.3 Å². The van der Waals surface area contributed by atoms with Crippen molar-refractivity contribution < 1.29 is 13.3 Å². The van der Waals surface area contributed by atoms with E-state index in [9.17, 15) is 0 Å². The SMILES string of the molecule is C=CCNC(CC)[Si](OC)(OC)OC. The molecule has 5 heteroatoms. The quantitative estimate of drug-likeness (QED) is 0.487. The van der Waals surface area contributed by atoms with E-state index < -0.39 is 8.80 Å². The Bertz CT molecular complexity index is 154. The molecule has 0 aromatic heterocycles. The first-order valence-corrected chi connectivity index (χ1v) is 6.50. The van der Waals surface area contributed by atoms with E-state index in [2.05, 4.69) is 18.8 Å². The third kappa shape index (κ3) is 3.18. The Hall–Kier alpha value is -0.203. The van der Waals surface area contributed by atoms with Crippen LogP contribution in [0.5, 0.6) is 0 Å². The molecule has 0 radical (unpaired) electrons. The van der Waals surface area contributed by atoms with Crippen molar-refractivity contribution in [3.8, 4) is 0 Å². The summed E-state index contributed by atoms with van der Waals surface area (Å²) in [6, 6.07) is 0. The van der Waals surface area contributed by atoms with E-state index in [1.54, 1.807) is 21.3 Å². The third-order valence-electron chi connectivity index (χ3n) is 2.20. The van der Waals surface area contributed by atoms with Crippen molar-refractivity contribution in [1.29, 1.82) is 0 Å². The fourth-order valence-corrected chi connectivity index (χ4v) is 3.64. The summed E-state index contributed by atoms with van der Waals surface area (Å²) in [5.74, 6) is 0. The van der Waals surface area contributed by atoms with E-state index in [0.717, 1.165) is 13.0 Å². The summed E-state index contributed by atoms with van der Waals surface area (Å²) in [5.41, 5.74) is 0.112. The van der Waals surface area contributed by atoms with Crippen molar-refractivity contribution in [2.24, 2.45) is 0 Å². The second kappa shape index (κ2) is 7.14. The van der Waals surface area contributed by atoms with Gasteiger partial charge in [-0.05, 0) is 6.42 Å². The van der Waals surface area contributed by atoms with Crippen molar-refractivity contribution in [1.82, 2.24) is 5.32 Å². The first-order chi connectivity index (χ1) is 6.70. The van der Waals surface area contributed by atoms with Gasteiger partial charge in [0.25, 0.3) is 0 Å². The fourth-order valence-electron chi connectivity index (χ4n) is 1.42. The highest BCUT2D eigenvalue weighted by Gasteiger charge is 2.46. The maximum atomic E-state index is 5.38. The molecule has 0 aliphatic rings. The highest BCUT2D eigenvalue weighted by atomic mass is 28.4. The summed E-state index contributed by atoms with van der Waals surface area (Å²) in [5, 5.41) is 3.28. The lowest BCUT2D eigenvalue weighted by molar-refractivity contribution is 0.107. The lowest BCUT2D eigenvalue weighted by Crippen LogP contribution is -2.60. The van der Waals surface area contributed by atoms with Gasteiger partial charge in [0.15, 0.2) is 0 Å². The minimum absolute atomic E-state index is 0.112. The van der Waals surface area contributed by atoms with Gasteiger partial charge >= 0.3 is 8.80 Å². The van der Waals surface area contributed by atoms with Crippen molar-refractivity contribution in [3.05, 3.63) is 12.7 Å². The van der Waals surface area contributed by atoms with Crippen LogP contribution >= 0.6 is 0 Å². The van der Waals surface area contributed by atoms with Crippen LogP contribution in [0.4, 0.5) is 0 Å². The van der Waals surface area contributed by atoms with Gasteiger partial charge in [-0.25, -0.2) is 0 Å². The van der Waals surface area contributed by atoms with Crippen LogP contribution in [0, 0.1) is 0 Å². The predicted octanol–water partition coefficient (Wildman–Crippen LogP) is 0.958. The molecule has 1 N–H and O–H groups in total. The Morgan fingerprint density at radius 2 is 1.79 bits per heavy atom. The molecule has 0 spiro atoms. The van der Waals surface area contributed by atoms with E-state index in [4.69, 9.17) is 13.3 Å². The Labute approximate surface area is 87.6 Å². The van der Waals surface area contributed by atoms with E-state index in [-0.39, 0.29) is 5.67 Å². The molecule has 0 fully saturated rings. The molecule has 0 heterocycles. The topological polar surface area (TPSA) is 39.7 Å². The Kier molecular flexibility index (Phi) is 7.03. The van der Waals surface area contributed by atoms with Gasteiger partial charge in [-0.2, -0.15) is 0 Å². The maximum absolute atomic E-state index is 5.38. The molecule has 0 aliphatic carbocycles. The molecule has 0 aromatic rings. The minimum Gasteiger partial charge on any atom is -0.376 e. The molecule has 1 unspecified atom stereocenters. The molecule has 0 aromatic carbocycles. The minimum atomic E-state index is -2.54. The van der Waals surface area contributed by atoms with Gasteiger partial charge in [-0.1, -0.05) is 13.0 Å². The lowest BCUT2D eigenvalue weighted by atomic mass is 10.4. The van der Waals surface area contributed by atoms with Crippen LogP contribution < -0.4 is 5.32 Å². The molecular formula is C9H21NO3Si.